The molecule has 2 aromatic carbocycles. The molecule has 3 nitrogen and oxygen atoms in total. The van der Waals surface area contributed by atoms with Crippen LogP contribution in [-0.2, 0) is 23.0 Å². The number of hydrogen-bond donors (Lipinski definition) is 0. The van der Waals surface area contributed by atoms with Gasteiger partial charge in [-0.2, -0.15) is 0 Å². The zero-order valence-electron chi connectivity index (χ0n) is 21.3. The van der Waals surface area contributed by atoms with Crippen LogP contribution in [0.5, 0.6) is 0 Å². The van der Waals surface area contributed by atoms with Crippen LogP contribution in [0.25, 0.3) is 10.8 Å². The van der Waals surface area contributed by atoms with Crippen molar-refractivity contribution in [1.29, 1.82) is 0 Å². The van der Waals surface area contributed by atoms with E-state index in [1.54, 1.807) is 6.07 Å². The smallest absolute Gasteiger partial charge is 0.744 e. The molecule has 0 aliphatic carbocycles. The Morgan fingerprint density at radius 1 is 0.606 bits per heavy atom. The van der Waals surface area contributed by atoms with Gasteiger partial charge in [-0.1, -0.05) is 109 Å². The average molecular weight is 483 g/mol. The van der Waals surface area contributed by atoms with E-state index >= 15 is 0 Å². The molecule has 0 N–H and O–H groups in total. The third kappa shape index (κ3) is 11.3. The van der Waals surface area contributed by atoms with Gasteiger partial charge >= 0.3 is 29.6 Å². The standard InChI is InChI=1S/C28H44O3S.Na/c1-3-5-7-9-11-13-15-17-24-19-20-25(18-16-14-12-10-8-6-4-2)28-23-26(32(29,30)31)21-22-27(24)28;/h19-23H,3-18H2,1-2H3,(H,29,30,31);/q;+1/p-1. The van der Waals surface area contributed by atoms with Crippen LogP contribution in [0, 0.1) is 0 Å². The van der Waals surface area contributed by atoms with Crippen LogP contribution < -0.4 is 29.6 Å². The van der Waals surface area contributed by atoms with Crippen LogP contribution in [0.4, 0.5) is 0 Å². The maximum atomic E-state index is 11.6. The second-order valence-corrected chi connectivity index (χ2v) is 10.7. The molecule has 2 rings (SSSR count). The van der Waals surface area contributed by atoms with Gasteiger partial charge in [0, 0.05) is 0 Å². The minimum atomic E-state index is -4.44. The molecular weight excluding hydrogens is 439 g/mol. The van der Waals surface area contributed by atoms with Crippen molar-refractivity contribution in [2.24, 2.45) is 0 Å². The third-order valence-corrected chi connectivity index (χ3v) is 7.39. The van der Waals surface area contributed by atoms with E-state index < -0.39 is 10.1 Å². The zero-order valence-corrected chi connectivity index (χ0v) is 24.1. The Morgan fingerprint density at radius 2 is 1.03 bits per heavy atom. The van der Waals surface area contributed by atoms with Gasteiger partial charge in [0.25, 0.3) is 0 Å². The summed E-state index contributed by atoms with van der Waals surface area (Å²) in [6.45, 7) is 4.48. The van der Waals surface area contributed by atoms with Crippen LogP contribution in [0.1, 0.15) is 115 Å². The maximum absolute atomic E-state index is 11.6. The van der Waals surface area contributed by atoms with Crippen molar-refractivity contribution in [3.8, 4) is 0 Å². The monoisotopic (exact) mass is 482 g/mol. The fourth-order valence-electron chi connectivity index (χ4n) is 4.59. The normalized spacial score (nSPS) is 11.6. The summed E-state index contributed by atoms with van der Waals surface area (Å²) in [6.07, 6.45) is 19.6. The molecule has 0 unspecified atom stereocenters. The molecule has 0 aromatic heterocycles. The molecule has 0 heterocycles. The summed E-state index contributed by atoms with van der Waals surface area (Å²) in [5.74, 6) is 0. The molecule has 0 spiro atoms. The predicted octanol–water partition coefficient (Wildman–Crippen LogP) is 5.33. The SMILES string of the molecule is CCCCCCCCCc1ccc(CCCCCCCCC)c2cc(S(=O)(=O)[O-])ccc12.[Na+]. The molecule has 0 saturated heterocycles. The van der Waals surface area contributed by atoms with Gasteiger partial charge in [-0.3, -0.25) is 0 Å². The third-order valence-electron chi connectivity index (χ3n) is 6.56. The van der Waals surface area contributed by atoms with Gasteiger partial charge < -0.3 is 4.55 Å². The Kier molecular flexibility index (Phi) is 15.9. The summed E-state index contributed by atoms with van der Waals surface area (Å²) in [5, 5.41) is 2.07. The maximum Gasteiger partial charge on any atom is 1.00 e. The molecule has 0 aliphatic heterocycles. The summed E-state index contributed by atoms with van der Waals surface area (Å²) in [7, 11) is -4.44. The second-order valence-electron chi connectivity index (χ2n) is 9.29. The Labute approximate surface area is 225 Å². The molecule has 2 aromatic rings. The number of unbranched alkanes of at least 4 members (excludes halogenated alkanes) is 12. The van der Waals surface area contributed by atoms with E-state index in [0.29, 0.717) is 0 Å². The first kappa shape index (κ1) is 30.6. The molecule has 33 heavy (non-hydrogen) atoms. The summed E-state index contributed by atoms with van der Waals surface area (Å²) < 4.78 is 34.9. The Hall–Kier alpha value is -0.390. The fraction of sp³-hybridized carbons (Fsp3) is 0.643. The predicted molar refractivity (Wildman–Crippen MR) is 135 cm³/mol. The van der Waals surface area contributed by atoms with Crippen molar-refractivity contribution in [2.45, 2.75) is 121 Å². The second kappa shape index (κ2) is 17.1. The van der Waals surface area contributed by atoms with Gasteiger partial charge in [0.15, 0.2) is 0 Å². The number of rotatable bonds is 17. The molecule has 0 amide bonds. The number of benzene rings is 2. The van der Waals surface area contributed by atoms with Gasteiger partial charge in [0.2, 0.25) is 0 Å². The van der Waals surface area contributed by atoms with Crippen molar-refractivity contribution in [3.05, 3.63) is 41.5 Å². The average Bonchev–Trinajstić information content (AvgIpc) is 2.77. The first-order valence-corrected chi connectivity index (χ1v) is 14.4. The minimum absolute atomic E-state index is 0. The van der Waals surface area contributed by atoms with Gasteiger partial charge in [0.05, 0.1) is 4.90 Å². The molecule has 180 valence electrons. The van der Waals surface area contributed by atoms with E-state index in [4.69, 9.17) is 0 Å². The summed E-state index contributed by atoms with van der Waals surface area (Å²) in [6, 6.07) is 9.34. The molecule has 0 saturated carbocycles. The van der Waals surface area contributed by atoms with Crippen LogP contribution in [0.15, 0.2) is 35.2 Å². The summed E-state index contributed by atoms with van der Waals surface area (Å²) in [4.78, 5) is -0.112. The first-order chi connectivity index (χ1) is 15.5. The van der Waals surface area contributed by atoms with Crippen LogP contribution in [0.3, 0.4) is 0 Å². The van der Waals surface area contributed by atoms with Crippen molar-refractivity contribution >= 4 is 20.9 Å². The molecular formula is C28H43NaO3S. The van der Waals surface area contributed by atoms with Crippen molar-refractivity contribution in [3.63, 3.8) is 0 Å². The van der Waals surface area contributed by atoms with E-state index in [0.717, 1.165) is 36.5 Å². The fourth-order valence-corrected chi connectivity index (χ4v) is 5.08. The van der Waals surface area contributed by atoms with Crippen molar-refractivity contribution in [1.82, 2.24) is 0 Å². The van der Waals surface area contributed by atoms with E-state index in [1.165, 1.54) is 94.2 Å². The molecule has 0 radical (unpaired) electrons. The number of aryl methyl sites for hydroxylation is 2. The van der Waals surface area contributed by atoms with Gasteiger partial charge in [0.1, 0.15) is 10.1 Å². The number of fused-ring (bicyclic) bond motifs is 1. The van der Waals surface area contributed by atoms with Gasteiger partial charge in [-0.05, 0) is 59.7 Å². The van der Waals surface area contributed by atoms with E-state index in [-0.39, 0.29) is 34.5 Å². The van der Waals surface area contributed by atoms with Crippen LogP contribution in [0.2, 0.25) is 0 Å². The van der Waals surface area contributed by atoms with Crippen molar-refractivity contribution in [2.75, 3.05) is 0 Å². The molecule has 0 bridgehead atoms. The first-order valence-electron chi connectivity index (χ1n) is 13.0. The topological polar surface area (TPSA) is 57.2 Å². The van der Waals surface area contributed by atoms with E-state index in [9.17, 15) is 13.0 Å². The molecule has 5 heteroatoms. The van der Waals surface area contributed by atoms with E-state index in [2.05, 4.69) is 26.0 Å². The van der Waals surface area contributed by atoms with Gasteiger partial charge in [-0.25, -0.2) is 8.42 Å². The van der Waals surface area contributed by atoms with Crippen LogP contribution >= 0.6 is 0 Å². The van der Waals surface area contributed by atoms with Crippen molar-refractivity contribution < 1.29 is 42.5 Å². The van der Waals surface area contributed by atoms with E-state index in [1.807, 2.05) is 6.07 Å². The Bertz CT molecular complexity index is 909. The Morgan fingerprint density at radius 3 is 1.48 bits per heavy atom. The Balaban J connectivity index is 0.00000544. The number of hydrogen-bond acceptors (Lipinski definition) is 3. The summed E-state index contributed by atoms with van der Waals surface area (Å²) >= 11 is 0. The molecule has 0 aliphatic rings. The van der Waals surface area contributed by atoms with Crippen LogP contribution in [-0.4, -0.2) is 13.0 Å². The quantitative estimate of drug-likeness (QED) is 0.174. The molecule has 0 fully saturated rings. The summed E-state index contributed by atoms with van der Waals surface area (Å²) in [5.41, 5.74) is 2.44. The zero-order chi connectivity index (χ0) is 23.2. The largest absolute Gasteiger partial charge is 1.00 e. The van der Waals surface area contributed by atoms with Gasteiger partial charge in [-0.15, -0.1) is 0 Å². The molecule has 0 atom stereocenters. The minimum Gasteiger partial charge on any atom is -0.744 e.